The minimum atomic E-state index is -4.49. The molecule has 22 heavy (non-hydrogen) atoms. The van der Waals surface area contributed by atoms with Crippen LogP contribution in [-0.4, -0.2) is 42.3 Å². The average molecular weight is 325 g/mol. The molecule has 0 amide bonds. The van der Waals surface area contributed by atoms with E-state index >= 15 is 0 Å². The molecule has 0 radical (unpaired) electrons. The molecule has 0 heterocycles. The SMILES string of the molecule is CC(C)COC(=O)OC(=O)/C=C\N(N)C=NC(C)C(F)(F)F. The van der Waals surface area contributed by atoms with E-state index in [0.29, 0.717) is 11.3 Å². The molecule has 2 N–H and O–H groups in total. The first kappa shape index (κ1) is 19.9. The monoisotopic (exact) mass is 325 g/mol. The smallest absolute Gasteiger partial charge is 0.434 e. The number of alkyl halides is 3. The Morgan fingerprint density at radius 3 is 2.41 bits per heavy atom. The number of nitrogens with two attached hydrogens (primary N) is 1. The number of ether oxygens (including phenoxy) is 2. The molecule has 0 aliphatic rings. The van der Waals surface area contributed by atoms with Crippen LogP contribution in [0.3, 0.4) is 0 Å². The van der Waals surface area contributed by atoms with Crippen molar-refractivity contribution in [2.24, 2.45) is 16.8 Å². The van der Waals surface area contributed by atoms with Crippen molar-refractivity contribution in [3.8, 4) is 0 Å². The molecule has 0 saturated carbocycles. The van der Waals surface area contributed by atoms with Crippen molar-refractivity contribution in [2.75, 3.05) is 6.61 Å². The Morgan fingerprint density at radius 1 is 1.32 bits per heavy atom. The summed E-state index contributed by atoms with van der Waals surface area (Å²) in [4.78, 5) is 25.4. The Balaban J connectivity index is 4.26. The zero-order valence-corrected chi connectivity index (χ0v) is 12.3. The number of carbonyl (C=O) groups is 2. The van der Waals surface area contributed by atoms with E-state index in [1.54, 1.807) is 13.8 Å². The van der Waals surface area contributed by atoms with Crippen LogP contribution < -0.4 is 5.84 Å². The van der Waals surface area contributed by atoms with Crippen LogP contribution in [0.15, 0.2) is 17.3 Å². The molecule has 0 aliphatic carbocycles. The minimum absolute atomic E-state index is 0.0737. The van der Waals surface area contributed by atoms with Gasteiger partial charge in [-0.2, -0.15) is 13.2 Å². The third-order valence-electron chi connectivity index (χ3n) is 2.00. The molecule has 1 unspecified atom stereocenters. The molecule has 0 saturated heterocycles. The van der Waals surface area contributed by atoms with Crippen molar-refractivity contribution in [1.82, 2.24) is 5.01 Å². The predicted octanol–water partition coefficient (Wildman–Crippen LogP) is 1.99. The highest BCUT2D eigenvalue weighted by atomic mass is 19.4. The summed E-state index contributed by atoms with van der Waals surface area (Å²) in [5.41, 5.74) is 0. The highest BCUT2D eigenvalue weighted by molar-refractivity contribution is 5.89. The van der Waals surface area contributed by atoms with Crippen molar-refractivity contribution in [2.45, 2.75) is 33.0 Å². The third-order valence-corrected chi connectivity index (χ3v) is 2.00. The van der Waals surface area contributed by atoms with Gasteiger partial charge in [0.25, 0.3) is 0 Å². The first-order chi connectivity index (χ1) is 10.0. The van der Waals surface area contributed by atoms with E-state index in [4.69, 9.17) is 5.84 Å². The zero-order valence-electron chi connectivity index (χ0n) is 12.3. The van der Waals surface area contributed by atoms with Crippen molar-refractivity contribution in [3.05, 3.63) is 12.3 Å². The number of esters is 1. The number of nitrogens with zero attached hydrogens (tertiary/aromatic N) is 2. The van der Waals surface area contributed by atoms with Crippen LogP contribution in [0, 0.1) is 5.92 Å². The fourth-order valence-corrected chi connectivity index (χ4v) is 0.827. The summed E-state index contributed by atoms with van der Waals surface area (Å²) < 4.78 is 45.3. The number of halogens is 3. The maximum atomic E-state index is 12.2. The van der Waals surface area contributed by atoms with Gasteiger partial charge in [-0.05, 0) is 12.8 Å². The summed E-state index contributed by atoms with van der Waals surface area (Å²) in [7, 11) is 0. The number of hydrogen-bond acceptors (Lipinski definition) is 6. The van der Waals surface area contributed by atoms with Crippen molar-refractivity contribution in [1.29, 1.82) is 0 Å². The fraction of sp³-hybridized carbons (Fsp3) is 0.583. The lowest BCUT2D eigenvalue weighted by atomic mass is 10.2. The first-order valence-electron chi connectivity index (χ1n) is 6.22. The van der Waals surface area contributed by atoms with Crippen LogP contribution in [0.25, 0.3) is 0 Å². The molecule has 0 fully saturated rings. The minimum Gasteiger partial charge on any atom is -0.434 e. The maximum absolute atomic E-state index is 12.2. The van der Waals surface area contributed by atoms with Crippen LogP contribution in [-0.2, 0) is 14.3 Å². The van der Waals surface area contributed by atoms with Crippen LogP contribution in [0.5, 0.6) is 0 Å². The van der Waals surface area contributed by atoms with Crippen molar-refractivity contribution >= 4 is 18.5 Å². The number of carbonyl (C=O) groups excluding carboxylic acids is 2. The summed E-state index contributed by atoms with van der Waals surface area (Å²) >= 11 is 0. The number of hydrazine groups is 1. The van der Waals surface area contributed by atoms with Gasteiger partial charge in [0, 0.05) is 12.3 Å². The van der Waals surface area contributed by atoms with Gasteiger partial charge in [0.2, 0.25) is 0 Å². The predicted molar refractivity (Wildman–Crippen MR) is 71.5 cm³/mol. The van der Waals surface area contributed by atoms with Crippen LogP contribution >= 0.6 is 0 Å². The van der Waals surface area contributed by atoms with E-state index in [1.165, 1.54) is 0 Å². The van der Waals surface area contributed by atoms with Gasteiger partial charge in [0.15, 0.2) is 0 Å². The van der Waals surface area contributed by atoms with E-state index in [2.05, 4.69) is 14.5 Å². The van der Waals surface area contributed by atoms with Gasteiger partial charge in [-0.3, -0.25) is 10.0 Å². The van der Waals surface area contributed by atoms with Gasteiger partial charge >= 0.3 is 18.3 Å². The highest BCUT2D eigenvalue weighted by Crippen LogP contribution is 2.21. The van der Waals surface area contributed by atoms with Crippen LogP contribution in [0.2, 0.25) is 0 Å². The van der Waals surface area contributed by atoms with Crippen molar-refractivity contribution in [3.63, 3.8) is 0 Å². The molecule has 0 rings (SSSR count). The molecule has 1 atom stereocenters. The van der Waals surface area contributed by atoms with Crippen LogP contribution in [0.1, 0.15) is 20.8 Å². The Labute approximate surface area is 125 Å². The molecule has 0 aromatic rings. The molecule has 7 nitrogen and oxygen atoms in total. The fourth-order valence-electron chi connectivity index (χ4n) is 0.827. The van der Waals surface area contributed by atoms with Gasteiger partial charge in [-0.1, -0.05) is 13.8 Å². The second-order valence-electron chi connectivity index (χ2n) is 4.62. The second kappa shape index (κ2) is 9.03. The van der Waals surface area contributed by atoms with E-state index in [9.17, 15) is 22.8 Å². The second-order valence-corrected chi connectivity index (χ2v) is 4.62. The third kappa shape index (κ3) is 9.75. The van der Waals surface area contributed by atoms with Crippen LogP contribution in [0.4, 0.5) is 18.0 Å². The van der Waals surface area contributed by atoms with Crippen molar-refractivity contribution < 1.29 is 32.2 Å². The van der Waals surface area contributed by atoms with Gasteiger partial charge in [0.05, 0.1) is 6.61 Å². The Morgan fingerprint density at radius 2 is 1.91 bits per heavy atom. The topological polar surface area (TPSA) is 94.2 Å². The molecule has 126 valence electrons. The molecule has 10 heteroatoms. The Kier molecular flexibility index (Phi) is 8.17. The molecule has 0 bridgehead atoms. The zero-order chi connectivity index (χ0) is 17.3. The number of aliphatic imine (C=N–C) groups is 1. The molecule has 0 aromatic heterocycles. The average Bonchev–Trinajstić information content (AvgIpc) is 2.39. The van der Waals surface area contributed by atoms with Gasteiger partial charge in [-0.15, -0.1) is 0 Å². The summed E-state index contributed by atoms with van der Waals surface area (Å²) in [6.45, 7) is 4.51. The van der Waals surface area contributed by atoms with Gasteiger partial charge in [0.1, 0.15) is 12.4 Å². The Hall–Kier alpha value is -2.10. The van der Waals surface area contributed by atoms with Gasteiger partial charge < -0.3 is 9.47 Å². The van der Waals surface area contributed by atoms with E-state index in [0.717, 1.165) is 19.2 Å². The van der Waals surface area contributed by atoms with Gasteiger partial charge in [-0.25, -0.2) is 15.4 Å². The lowest BCUT2D eigenvalue weighted by Gasteiger charge is -2.12. The molecule has 0 aromatic carbocycles. The summed E-state index contributed by atoms with van der Waals surface area (Å²) in [5.74, 6) is 4.24. The maximum Gasteiger partial charge on any atom is 0.516 e. The standard InChI is InChI=1S/C12H18F3N3O4/c1-8(2)6-21-11(20)22-10(19)4-5-18(16)7-17-9(3)12(13,14)15/h4-5,7-9H,6,16H2,1-3H3/b5-4-,17-7?. The highest BCUT2D eigenvalue weighted by Gasteiger charge is 2.35. The summed E-state index contributed by atoms with van der Waals surface area (Å²) in [6.07, 6.45) is -3.36. The lowest BCUT2D eigenvalue weighted by Crippen LogP contribution is -2.28. The quantitative estimate of drug-likeness (QED) is 0.153. The summed E-state index contributed by atoms with van der Waals surface area (Å²) in [5, 5.41) is 0.614. The van der Waals surface area contributed by atoms with E-state index in [-0.39, 0.29) is 12.5 Å². The Bertz CT molecular complexity index is 436. The first-order valence-corrected chi connectivity index (χ1v) is 6.22. The largest absolute Gasteiger partial charge is 0.516 e. The number of rotatable bonds is 6. The molecular weight excluding hydrogens is 307 g/mol. The molecule has 0 spiro atoms. The molecule has 0 aliphatic heterocycles. The van der Waals surface area contributed by atoms with E-state index in [1.807, 2.05) is 0 Å². The van der Waals surface area contributed by atoms with E-state index < -0.39 is 24.3 Å². The summed E-state index contributed by atoms with van der Waals surface area (Å²) in [6, 6.07) is -1.94. The molecular formula is C12H18F3N3O4. The lowest BCUT2D eigenvalue weighted by molar-refractivity contribution is -0.142. The normalized spacial score (nSPS) is 13.6. The number of hydrogen-bond donors (Lipinski definition) is 1.